The van der Waals surface area contributed by atoms with Crippen molar-refractivity contribution in [3.05, 3.63) is 30.6 Å². The molecule has 0 atom stereocenters. The molecule has 1 fully saturated rings. The topological polar surface area (TPSA) is 96.4 Å². The van der Waals surface area contributed by atoms with E-state index >= 15 is 0 Å². The van der Waals surface area contributed by atoms with Gasteiger partial charge in [0, 0.05) is 35.3 Å². The van der Waals surface area contributed by atoms with Crippen molar-refractivity contribution >= 4 is 31.8 Å². The minimum Gasteiger partial charge on any atom is -0.493 e. The number of nitrogens with zero attached hydrogens (tertiary/aromatic N) is 2. The number of nitrogens with two attached hydrogens (primary N) is 1. The zero-order valence-corrected chi connectivity index (χ0v) is 16.9. The number of pyridine rings is 1. The van der Waals surface area contributed by atoms with E-state index in [9.17, 15) is 8.42 Å². The fourth-order valence-corrected chi connectivity index (χ4v) is 5.38. The highest BCUT2D eigenvalue weighted by atomic mass is 32.2. The number of benzene rings is 1. The first kappa shape index (κ1) is 19.0. The molecule has 1 saturated carbocycles. The number of fused-ring (bicyclic) bond motifs is 3. The summed E-state index contributed by atoms with van der Waals surface area (Å²) in [6, 6.07) is 6.28. The first-order valence-electron chi connectivity index (χ1n) is 9.41. The monoisotopic (exact) mass is 403 g/mol. The highest BCUT2D eigenvalue weighted by molar-refractivity contribution is 7.89. The molecule has 1 aliphatic rings. The predicted molar refractivity (Wildman–Crippen MR) is 109 cm³/mol. The normalized spacial score (nSPS) is 20.5. The van der Waals surface area contributed by atoms with Crippen LogP contribution in [0.5, 0.6) is 11.5 Å². The Bertz CT molecular complexity index is 1120. The smallest absolute Gasteiger partial charge is 0.209 e. The Morgan fingerprint density at radius 2 is 1.82 bits per heavy atom. The molecule has 1 aliphatic carbocycles. The van der Waals surface area contributed by atoms with Crippen molar-refractivity contribution < 1.29 is 17.9 Å². The second-order valence-corrected chi connectivity index (χ2v) is 9.17. The average Bonchev–Trinajstić information content (AvgIpc) is 3.10. The summed E-state index contributed by atoms with van der Waals surface area (Å²) in [6.07, 6.45) is 7.57. The Balaban J connectivity index is 1.71. The summed E-state index contributed by atoms with van der Waals surface area (Å²) >= 11 is 0. The molecular formula is C20H25N3O4S. The van der Waals surface area contributed by atoms with Crippen molar-refractivity contribution in [1.82, 2.24) is 9.55 Å². The lowest BCUT2D eigenvalue weighted by atomic mass is 9.87. The van der Waals surface area contributed by atoms with E-state index in [0.717, 1.165) is 47.5 Å². The van der Waals surface area contributed by atoms with Crippen LogP contribution in [0.3, 0.4) is 0 Å². The molecule has 3 aromatic rings. The van der Waals surface area contributed by atoms with E-state index in [0.29, 0.717) is 17.5 Å². The lowest BCUT2D eigenvalue weighted by molar-refractivity contribution is 0.295. The van der Waals surface area contributed by atoms with Gasteiger partial charge in [0.25, 0.3) is 0 Å². The van der Waals surface area contributed by atoms with Crippen LogP contribution in [0.4, 0.5) is 0 Å². The average molecular weight is 404 g/mol. The molecule has 0 unspecified atom stereocenters. The third kappa shape index (κ3) is 3.54. The van der Waals surface area contributed by atoms with Crippen molar-refractivity contribution in [3.8, 4) is 11.5 Å². The van der Waals surface area contributed by atoms with Gasteiger partial charge < -0.3 is 14.0 Å². The number of methoxy groups -OCH3 is 2. The third-order valence-electron chi connectivity index (χ3n) is 5.72. The van der Waals surface area contributed by atoms with Gasteiger partial charge in [0.2, 0.25) is 10.0 Å². The highest BCUT2D eigenvalue weighted by Crippen LogP contribution is 2.39. The van der Waals surface area contributed by atoms with E-state index in [1.165, 1.54) is 0 Å². The molecule has 150 valence electrons. The number of sulfonamides is 1. The maximum Gasteiger partial charge on any atom is 0.209 e. The van der Waals surface area contributed by atoms with Crippen LogP contribution in [-0.2, 0) is 10.0 Å². The van der Waals surface area contributed by atoms with E-state index in [1.807, 2.05) is 18.3 Å². The molecule has 2 aromatic heterocycles. The van der Waals surface area contributed by atoms with E-state index < -0.39 is 10.0 Å². The quantitative estimate of drug-likeness (QED) is 0.705. The molecule has 1 aromatic carbocycles. The first-order valence-corrected chi connectivity index (χ1v) is 11.1. The van der Waals surface area contributed by atoms with Crippen LogP contribution in [0.2, 0.25) is 0 Å². The predicted octanol–water partition coefficient (Wildman–Crippen LogP) is 3.23. The van der Waals surface area contributed by atoms with Gasteiger partial charge in [0.05, 0.1) is 31.0 Å². The van der Waals surface area contributed by atoms with E-state index in [-0.39, 0.29) is 11.7 Å². The lowest BCUT2D eigenvalue weighted by Crippen LogP contribution is -2.27. The molecule has 2 N–H and O–H groups in total. The molecule has 0 bridgehead atoms. The Kier molecular flexibility index (Phi) is 4.93. The summed E-state index contributed by atoms with van der Waals surface area (Å²) < 4.78 is 36.0. The summed E-state index contributed by atoms with van der Waals surface area (Å²) in [7, 11) is -0.170. The summed E-state index contributed by atoms with van der Waals surface area (Å²) in [4.78, 5) is 4.57. The maximum absolute atomic E-state index is 11.4. The minimum atomic E-state index is -3.41. The number of primary sulfonamides is 1. The van der Waals surface area contributed by atoms with Crippen molar-refractivity contribution in [2.75, 3.05) is 20.0 Å². The molecule has 28 heavy (non-hydrogen) atoms. The zero-order valence-electron chi connectivity index (χ0n) is 16.1. The minimum absolute atomic E-state index is 0.0794. The van der Waals surface area contributed by atoms with E-state index in [2.05, 4.69) is 21.8 Å². The lowest BCUT2D eigenvalue weighted by Gasteiger charge is -2.29. The van der Waals surface area contributed by atoms with Crippen molar-refractivity contribution in [2.45, 2.75) is 31.7 Å². The van der Waals surface area contributed by atoms with Crippen LogP contribution >= 0.6 is 0 Å². The van der Waals surface area contributed by atoms with Gasteiger partial charge in [-0.3, -0.25) is 4.98 Å². The SMILES string of the molecule is COc1cc2ncc3ccn(C4CCC(CS(N)(=O)=O)CC4)c3c2cc1OC. The summed E-state index contributed by atoms with van der Waals surface area (Å²) in [5.41, 5.74) is 1.98. The van der Waals surface area contributed by atoms with Gasteiger partial charge in [-0.25, -0.2) is 13.6 Å². The summed E-state index contributed by atoms with van der Waals surface area (Å²) in [5.74, 6) is 1.56. The molecule has 8 heteroatoms. The molecule has 0 amide bonds. The first-order chi connectivity index (χ1) is 13.4. The summed E-state index contributed by atoms with van der Waals surface area (Å²) in [6.45, 7) is 0. The van der Waals surface area contributed by atoms with Crippen LogP contribution in [0, 0.1) is 5.92 Å². The Hall–Kier alpha value is -2.32. The largest absolute Gasteiger partial charge is 0.493 e. The molecule has 0 saturated heterocycles. The van der Waals surface area contributed by atoms with Crippen molar-refractivity contribution in [1.29, 1.82) is 0 Å². The molecule has 0 spiro atoms. The van der Waals surface area contributed by atoms with E-state index in [1.54, 1.807) is 14.2 Å². The van der Waals surface area contributed by atoms with Gasteiger partial charge in [-0.15, -0.1) is 0 Å². The van der Waals surface area contributed by atoms with Gasteiger partial charge in [-0.05, 0) is 43.7 Å². The molecular weight excluding hydrogens is 378 g/mol. The molecule has 0 aliphatic heterocycles. The fraction of sp³-hybridized carbons (Fsp3) is 0.450. The Labute approximate surface area is 164 Å². The number of rotatable bonds is 5. The maximum atomic E-state index is 11.4. The van der Waals surface area contributed by atoms with Gasteiger partial charge in [0.15, 0.2) is 11.5 Å². The zero-order chi connectivity index (χ0) is 19.9. The Morgan fingerprint density at radius 3 is 2.46 bits per heavy atom. The van der Waals surface area contributed by atoms with Gasteiger partial charge >= 0.3 is 0 Å². The molecule has 0 radical (unpaired) electrons. The summed E-state index contributed by atoms with van der Waals surface area (Å²) in [5, 5.41) is 7.32. The van der Waals surface area contributed by atoms with Crippen LogP contribution in [0.1, 0.15) is 31.7 Å². The second-order valence-electron chi connectivity index (χ2n) is 7.51. The molecule has 2 heterocycles. The van der Waals surface area contributed by atoms with E-state index in [4.69, 9.17) is 14.6 Å². The number of ether oxygens (including phenoxy) is 2. The molecule has 4 rings (SSSR count). The van der Waals surface area contributed by atoms with Crippen LogP contribution in [-0.4, -0.2) is 37.9 Å². The number of hydrogen-bond acceptors (Lipinski definition) is 5. The van der Waals surface area contributed by atoms with Crippen molar-refractivity contribution in [2.24, 2.45) is 11.1 Å². The van der Waals surface area contributed by atoms with Gasteiger partial charge in [-0.1, -0.05) is 0 Å². The Morgan fingerprint density at radius 1 is 1.14 bits per heavy atom. The third-order valence-corrected chi connectivity index (χ3v) is 6.66. The fourth-order valence-electron chi connectivity index (χ4n) is 4.39. The van der Waals surface area contributed by atoms with Crippen molar-refractivity contribution in [3.63, 3.8) is 0 Å². The molecule has 7 nitrogen and oxygen atoms in total. The standard InChI is InChI=1S/C20H25N3O4S/c1-26-18-9-16-17(10-19(18)27-2)22-11-14-7-8-23(20(14)16)15-5-3-13(4-6-15)12-28(21,24)25/h7-11,13,15H,3-6,12H2,1-2H3,(H2,21,24,25). The van der Waals surface area contributed by atoms with Crippen LogP contribution < -0.4 is 14.6 Å². The van der Waals surface area contributed by atoms with Crippen LogP contribution in [0.15, 0.2) is 30.6 Å². The number of hydrogen-bond donors (Lipinski definition) is 1. The second kappa shape index (κ2) is 7.25. The van der Waals surface area contributed by atoms with Crippen LogP contribution in [0.25, 0.3) is 21.8 Å². The highest BCUT2D eigenvalue weighted by Gasteiger charge is 2.26. The van der Waals surface area contributed by atoms with Gasteiger partial charge in [-0.2, -0.15) is 0 Å². The number of aromatic nitrogens is 2. The van der Waals surface area contributed by atoms with Gasteiger partial charge in [0.1, 0.15) is 0 Å².